The lowest BCUT2D eigenvalue weighted by molar-refractivity contribution is -0.684. The van der Waals surface area contributed by atoms with Crippen LogP contribution < -0.4 is 71.3 Å². The van der Waals surface area contributed by atoms with Crippen LogP contribution in [-0.4, -0.2) is 143 Å². The van der Waals surface area contributed by atoms with Gasteiger partial charge in [0.15, 0.2) is 24.8 Å². The second kappa shape index (κ2) is 30.3. The first kappa shape index (κ1) is 66.2. The summed E-state index contributed by atoms with van der Waals surface area (Å²) < 4.78 is 62.8. The maximum absolute atomic E-state index is 13.6. The molecule has 0 radical (unpaired) electrons. The molecule has 7 rings (SSSR count). The van der Waals surface area contributed by atoms with E-state index in [1.807, 2.05) is 62.3 Å². The van der Waals surface area contributed by atoms with Crippen LogP contribution in [0.2, 0.25) is 0 Å². The third kappa shape index (κ3) is 18.8. The smallest absolute Gasteiger partial charge is 0.327 e. The summed E-state index contributed by atoms with van der Waals surface area (Å²) in [5.74, 6) is -4.11. The Bertz CT molecular complexity index is 3450. The van der Waals surface area contributed by atoms with E-state index in [1.165, 1.54) is 60.7 Å². The third-order valence-electron chi connectivity index (χ3n) is 14.5. The first-order valence-electron chi connectivity index (χ1n) is 28.4. The summed E-state index contributed by atoms with van der Waals surface area (Å²) in [7, 11) is -0.495. The van der Waals surface area contributed by atoms with E-state index in [0.717, 1.165) is 37.6 Å². The van der Waals surface area contributed by atoms with Crippen molar-refractivity contribution >= 4 is 101 Å². The van der Waals surface area contributed by atoms with E-state index in [1.54, 1.807) is 73.7 Å². The molecule has 1 saturated heterocycles. The molecule has 468 valence electrons. The monoisotopic (exact) mass is 1250 g/mol. The molecule has 0 aliphatic carbocycles. The van der Waals surface area contributed by atoms with Crippen LogP contribution in [-0.2, 0) is 61.9 Å². The summed E-state index contributed by atoms with van der Waals surface area (Å²) in [6.07, 6.45) is 8.39. The number of pyridine rings is 2. The van der Waals surface area contributed by atoms with Crippen LogP contribution in [0.4, 0.5) is 45.5 Å². The molecule has 0 saturated carbocycles. The minimum atomic E-state index is -4.09. The number of benzene rings is 4. The highest BCUT2D eigenvalue weighted by atomic mass is 32.2. The van der Waals surface area contributed by atoms with Gasteiger partial charge in [-0.05, 0) is 137 Å². The Hall–Kier alpha value is -9.38. The number of carbonyl (C=O) groups is 6. The SMILES string of the molecule is Cc1ccc(S(=O)(=O)Nc2ccc(NNC(=O)C(=O)NCCCN3CCN(CCCNC(=O)C(=O)NNc4ccc(NS(=O)(=O)c5ccc(C)c(NC(=O)C[n+]6ccc(N(C)C)cc6)c5C)cc4)CC3)cc2)c(C)c1NC(=O)C[n+]1ccc(N(C)C)cc1. The van der Waals surface area contributed by atoms with Gasteiger partial charge in [0, 0.05) is 126 Å². The Morgan fingerprint density at radius 3 is 1.11 bits per heavy atom. The van der Waals surface area contributed by atoms with Crippen LogP contribution >= 0.6 is 0 Å². The number of anilines is 8. The highest BCUT2D eigenvalue weighted by Crippen LogP contribution is 2.30. The predicted octanol–water partition coefficient (Wildman–Crippen LogP) is 2.72. The maximum atomic E-state index is 13.6. The summed E-state index contributed by atoms with van der Waals surface area (Å²) in [6.45, 7) is 12.0. The molecule has 10 N–H and O–H groups in total. The molecule has 28 heteroatoms. The van der Waals surface area contributed by atoms with Crippen LogP contribution in [0.1, 0.15) is 35.1 Å². The van der Waals surface area contributed by atoms with Gasteiger partial charge in [0.25, 0.3) is 31.9 Å². The molecule has 6 amide bonds. The summed E-state index contributed by atoms with van der Waals surface area (Å²) in [5.41, 5.74) is 16.2. The molecule has 0 atom stereocenters. The molecule has 1 fully saturated rings. The van der Waals surface area contributed by atoms with Crippen molar-refractivity contribution in [3.05, 3.63) is 144 Å². The molecule has 3 heterocycles. The molecule has 1 aliphatic rings. The molecule has 0 unspecified atom stereocenters. The number of piperazine rings is 1. The second-order valence-corrected chi connectivity index (χ2v) is 24.8. The van der Waals surface area contributed by atoms with Crippen molar-refractivity contribution < 1.29 is 54.7 Å². The predicted molar refractivity (Wildman–Crippen MR) is 337 cm³/mol. The van der Waals surface area contributed by atoms with Crippen molar-refractivity contribution in [3.8, 4) is 0 Å². The highest BCUT2D eigenvalue weighted by Gasteiger charge is 2.25. The fraction of sp³-hybridized carbons (Fsp3) is 0.333. The number of nitrogens with one attached hydrogen (secondary N) is 10. The van der Waals surface area contributed by atoms with Gasteiger partial charge < -0.3 is 40.9 Å². The zero-order valence-electron chi connectivity index (χ0n) is 50.6. The van der Waals surface area contributed by atoms with Gasteiger partial charge in [0.05, 0.1) is 21.2 Å². The average Bonchev–Trinajstić information content (AvgIpc) is 1.40. The molecule has 1 aliphatic heterocycles. The van der Waals surface area contributed by atoms with E-state index in [9.17, 15) is 45.6 Å². The maximum Gasteiger partial charge on any atom is 0.327 e. The molecule has 26 nitrogen and oxygen atoms in total. The Labute approximate surface area is 513 Å². The zero-order valence-corrected chi connectivity index (χ0v) is 52.2. The van der Waals surface area contributed by atoms with E-state index in [2.05, 4.69) is 62.2 Å². The number of carbonyl (C=O) groups excluding carboxylic acids is 6. The number of aromatic nitrogens is 2. The molecule has 88 heavy (non-hydrogen) atoms. The van der Waals surface area contributed by atoms with Gasteiger partial charge in [-0.3, -0.25) is 59.9 Å². The number of nitrogens with zero attached hydrogens (tertiary/aromatic N) is 6. The van der Waals surface area contributed by atoms with E-state index in [0.29, 0.717) is 70.9 Å². The first-order chi connectivity index (χ1) is 41.8. The van der Waals surface area contributed by atoms with Crippen LogP contribution in [0.25, 0.3) is 0 Å². The lowest BCUT2D eigenvalue weighted by atomic mass is 10.1. The summed E-state index contributed by atoms with van der Waals surface area (Å²) in [6, 6.07) is 25.8. The van der Waals surface area contributed by atoms with Gasteiger partial charge in [0.2, 0.25) is 13.1 Å². The minimum absolute atomic E-state index is 0.0123. The fourth-order valence-corrected chi connectivity index (χ4v) is 12.1. The first-order valence-corrected chi connectivity index (χ1v) is 31.3. The van der Waals surface area contributed by atoms with Gasteiger partial charge in [-0.2, -0.15) is 9.13 Å². The molecular formula is C60H78N16O10S2+2. The van der Waals surface area contributed by atoms with E-state index in [-0.39, 0.29) is 59.2 Å². The van der Waals surface area contributed by atoms with Gasteiger partial charge in [-0.1, -0.05) is 12.1 Å². The fourth-order valence-electron chi connectivity index (χ4n) is 9.46. The number of hydrogen-bond donors (Lipinski definition) is 10. The third-order valence-corrected chi connectivity index (χ3v) is 17.5. The van der Waals surface area contributed by atoms with Crippen molar-refractivity contribution in [3.63, 3.8) is 0 Å². The number of amides is 6. The van der Waals surface area contributed by atoms with E-state index < -0.39 is 43.7 Å². The van der Waals surface area contributed by atoms with Crippen LogP contribution in [0, 0.1) is 27.7 Å². The Morgan fingerprint density at radius 1 is 0.455 bits per heavy atom. The number of sulfonamides is 2. The van der Waals surface area contributed by atoms with Gasteiger partial charge in [-0.15, -0.1) is 0 Å². The van der Waals surface area contributed by atoms with Crippen molar-refractivity contribution in [2.45, 2.75) is 63.4 Å². The Morgan fingerprint density at radius 2 is 0.784 bits per heavy atom. The van der Waals surface area contributed by atoms with Gasteiger partial charge in [0.1, 0.15) is 0 Å². The van der Waals surface area contributed by atoms with Crippen molar-refractivity contribution in [2.75, 3.05) is 121 Å². The molecule has 6 aromatic rings. The summed E-state index contributed by atoms with van der Waals surface area (Å²) >= 11 is 0. The normalized spacial score (nSPS) is 12.6. The number of hydrogen-bond acceptors (Lipinski definition) is 16. The standard InChI is InChI=1S/C60H76N16O10S2/c1-41-11-21-51(43(3)55(41)63-53(77)39-75-31-23-49(24-32-75)71(5)6)87(83,84)69-47-17-13-45(14-18-47)65-67-59(81)57(79)61-27-9-29-73-35-37-74(38-36-73)30-10-28-62-58(80)60(82)68-66-46-15-19-48(20-16-46)70-88(85,86)52-22-12-42(2)56(44(52)4)64-54(78)40-76-33-25-50(26-34-76)72(7)8/h11-26,31-34H,9-10,27-30,35-40H2,1-8H3,(H8-2,61,62,63,64,65,66,67,68,69,70,77,78,79,80,81,82)/p+2. The highest BCUT2D eigenvalue weighted by molar-refractivity contribution is 7.93. The summed E-state index contributed by atoms with van der Waals surface area (Å²) in [5, 5.41) is 11.0. The summed E-state index contributed by atoms with van der Waals surface area (Å²) in [4.78, 5) is 84.6. The number of hydrazine groups is 2. The number of aryl methyl sites for hydroxylation is 2. The van der Waals surface area contributed by atoms with Crippen LogP contribution in [0.3, 0.4) is 0 Å². The van der Waals surface area contributed by atoms with Crippen molar-refractivity contribution in [1.82, 2.24) is 31.3 Å². The van der Waals surface area contributed by atoms with E-state index in [4.69, 9.17) is 0 Å². The van der Waals surface area contributed by atoms with Crippen molar-refractivity contribution in [1.29, 1.82) is 0 Å². The quantitative estimate of drug-likeness (QED) is 0.0162. The lowest BCUT2D eigenvalue weighted by Gasteiger charge is -2.34. The van der Waals surface area contributed by atoms with Crippen LogP contribution in [0.5, 0.6) is 0 Å². The van der Waals surface area contributed by atoms with Gasteiger partial charge >= 0.3 is 23.6 Å². The second-order valence-electron chi connectivity index (χ2n) is 21.5. The topological polar surface area (TPSA) is 312 Å². The number of rotatable bonds is 26. The molecule has 2 aromatic heterocycles. The van der Waals surface area contributed by atoms with Crippen LogP contribution in [0.15, 0.2) is 132 Å². The lowest BCUT2D eigenvalue weighted by Crippen LogP contribution is -2.48. The minimum Gasteiger partial charge on any atom is -0.377 e. The molecule has 0 spiro atoms. The molecular weight excluding hydrogens is 1170 g/mol. The molecule has 4 aromatic carbocycles. The Balaban J connectivity index is 0.729. The largest absolute Gasteiger partial charge is 0.377 e. The molecule has 0 bridgehead atoms. The van der Waals surface area contributed by atoms with E-state index >= 15 is 0 Å². The van der Waals surface area contributed by atoms with Crippen molar-refractivity contribution in [2.24, 2.45) is 0 Å². The zero-order chi connectivity index (χ0) is 63.7. The van der Waals surface area contributed by atoms with Gasteiger partial charge in [-0.25, -0.2) is 16.8 Å². The Kier molecular flexibility index (Phi) is 22.8. The average molecular weight is 1250 g/mol.